The summed E-state index contributed by atoms with van der Waals surface area (Å²) in [5, 5.41) is 10.3. The van der Waals surface area contributed by atoms with Gasteiger partial charge in [0.25, 0.3) is 0 Å². The number of benzene rings is 2. The molecule has 1 heterocycles. The Bertz CT molecular complexity index is 1050. The number of hydrogen-bond donors (Lipinski definition) is 1. The molecular weight excluding hydrogens is 338 g/mol. The Balaban J connectivity index is 1.87. The van der Waals surface area contributed by atoms with E-state index < -0.39 is 0 Å². The maximum atomic E-state index is 12.8. The normalized spacial score (nSPS) is 14.7. The lowest BCUT2D eigenvalue weighted by Crippen LogP contribution is -2.14. The SMILES string of the molecule is CC(C)OC(=O)c1c2c(nc3ccccc13)/C(=C\c1ccc(O)cc1)CC2. The number of hydrogen-bond acceptors (Lipinski definition) is 4. The lowest BCUT2D eigenvalue weighted by atomic mass is 10.0. The van der Waals surface area contributed by atoms with Gasteiger partial charge in [-0.15, -0.1) is 0 Å². The van der Waals surface area contributed by atoms with E-state index in [4.69, 9.17) is 9.72 Å². The number of phenolic OH excluding ortho intramolecular Hbond substituents is 1. The summed E-state index contributed by atoms with van der Waals surface area (Å²) < 4.78 is 5.52. The molecule has 0 spiro atoms. The number of aromatic hydroxyl groups is 1. The van der Waals surface area contributed by atoms with Crippen LogP contribution in [0.1, 0.15) is 47.4 Å². The molecule has 1 aliphatic carbocycles. The quantitative estimate of drug-likeness (QED) is 0.669. The molecule has 0 atom stereocenters. The molecule has 1 aliphatic rings. The molecule has 0 saturated heterocycles. The third kappa shape index (κ3) is 3.31. The van der Waals surface area contributed by atoms with Crippen LogP contribution < -0.4 is 0 Å². The second kappa shape index (κ2) is 6.88. The summed E-state index contributed by atoms with van der Waals surface area (Å²) in [7, 11) is 0. The molecule has 0 amide bonds. The van der Waals surface area contributed by atoms with Crippen LogP contribution in [0.4, 0.5) is 0 Å². The standard InChI is InChI=1S/C23H21NO3/c1-14(2)27-23(26)21-18-5-3-4-6-20(18)24-22-16(9-12-19(21)22)13-15-7-10-17(25)11-8-15/h3-8,10-11,13-14,25H,9,12H2,1-2H3/b16-13-. The highest BCUT2D eigenvalue weighted by Gasteiger charge is 2.27. The third-order valence-electron chi connectivity index (χ3n) is 4.72. The number of pyridine rings is 1. The summed E-state index contributed by atoms with van der Waals surface area (Å²) in [6.07, 6.45) is 3.49. The fourth-order valence-corrected chi connectivity index (χ4v) is 3.56. The minimum Gasteiger partial charge on any atom is -0.508 e. The molecular formula is C23H21NO3. The highest BCUT2D eigenvalue weighted by molar-refractivity contribution is 6.07. The van der Waals surface area contributed by atoms with Gasteiger partial charge in [-0.1, -0.05) is 30.3 Å². The molecule has 0 saturated carbocycles. The van der Waals surface area contributed by atoms with E-state index in [1.54, 1.807) is 12.1 Å². The Hall–Kier alpha value is -3.14. The Morgan fingerprint density at radius 2 is 1.85 bits per heavy atom. The summed E-state index contributed by atoms with van der Waals surface area (Å²) in [6.45, 7) is 3.72. The number of carbonyl (C=O) groups is 1. The zero-order valence-corrected chi connectivity index (χ0v) is 15.4. The average molecular weight is 359 g/mol. The van der Waals surface area contributed by atoms with Crippen molar-refractivity contribution in [3.8, 4) is 5.75 Å². The molecule has 27 heavy (non-hydrogen) atoms. The second-order valence-corrected chi connectivity index (χ2v) is 7.05. The van der Waals surface area contributed by atoms with Crippen molar-refractivity contribution in [2.45, 2.75) is 32.8 Å². The molecule has 0 bridgehead atoms. The number of esters is 1. The first-order valence-corrected chi connectivity index (χ1v) is 9.15. The van der Waals surface area contributed by atoms with Crippen molar-refractivity contribution < 1.29 is 14.6 Å². The molecule has 1 N–H and O–H groups in total. The van der Waals surface area contributed by atoms with Gasteiger partial charge in [-0.2, -0.15) is 0 Å². The Kier molecular flexibility index (Phi) is 4.40. The van der Waals surface area contributed by atoms with E-state index >= 15 is 0 Å². The topological polar surface area (TPSA) is 59.4 Å². The summed E-state index contributed by atoms with van der Waals surface area (Å²) >= 11 is 0. The van der Waals surface area contributed by atoms with Gasteiger partial charge in [-0.3, -0.25) is 0 Å². The zero-order valence-electron chi connectivity index (χ0n) is 15.4. The molecule has 136 valence electrons. The summed E-state index contributed by atoms with van der Waals surface area (Å²) in [5.74, 6) is -0.0439. The number of rotatable bonds is 3. The molecule has 0 radical (unpaired) electrons. The van der Waals surface area contributed by atoms with E-state index in [9.17, 15) is 9.90 Å². The Morgan fingerprint density at radius 3 is 2.59 bits per heavy atom. The van der Waals surface area contributed by atoms with Gasteiger partial charge < -0.3 is 9.84 Å². The van der Waals surface area contributed by atoms with Crippen LogP contribution in [-0.2, 0) is 11.2 Å². The van der Waals surface area contributed by atoms with Gasteiger partial charge in [0, 0.05) is 5.39 Å². The van der Waals surface area contributed by atoms with Crippen LogP contribution in [0.5, 0.6) is 5.75 Å². The van der Waals surface area contributed by atoms with Gasteiger partial charge in [0.1, 0.15) is 5.75 Å². The minimum atomic E-state index is -0.286. The lowest BCUT2D eigenvalue weighted by Gasteiger charge is -2.14. The fraction of sp³-hybridized carbons (Fsp3) is 0.217. The van der Waals surface area contributed by atoms with Crippen molar-refractivity contribution >= 4 is 28.5 Å². The van der Waals surface area contributed by atoms with Gasteiger partial charge in [0.05, 0.1) is 22.9 Å². The van der Waals surface area contributed by atoms with Gasteiger partial charge in [0.15, 0.2) is 0 Å². The molecule has 3 aromatic rings. The first-order valence-electron chi connectivity index (χ1n) is 9.15. The Morgan fingerprint density at radius 1 is 1.11 bits per heavy atom. The van der Waals surface area contributed by atoms with Gasteiger partial charge in [-0.25, -0.2) is 9.78 Å². The maximum absolute atomic E-state index is 12.8. The minimum absolute atomic E-state index is 0.173. The predicted octanol–water partition coefficient (Wildman–Crippen LogP) is 4.99. The van der Waals surface area contributed by atoms with Crippen LogP contribution in [0, 0.1) is 0 Å². The average Bonchev–Trinajstić information content (AvgIpc) is 3.03. The third-order valence-corrected chi connectivity index (χ3v) is 4.72. The van der Waals surface area contributed by atoms with Crippen molar-refractivity contribution in [2.24, 2.45) is 0 Å². The summed E-state index contributed by atoms with van der Waals surface area (Å²) in [4.78, 5) is 17.7. The maximum Gasteiger partial charge on any atom is 0.339 e. The summed E-state index contributed by atoms with van der Waals surface area (Å²) in [5.41, 5.74) is 5.36. The van der Waals surface area contributed by atoms with E-state index in [1.807, 2.05) is 50.2 Å². The van der Waals surface area contributed by atoms with Gasteiger partial charge >= 0.3 is 5.97 Å². The number of phenols is 1. The molecule has 4 nitrogen and oxygen atoms in total. The van der Waals surface area contributed by atoms with E-state index in [2.05, 4.69) is 6.08 Å². The van der Waals surface area contributed by atoms with Crippen LogP contribution >= 0.6 is 0 Å². The van der Waals surface area contributed by atoms with Crippen LogP contribution in [0.15, 0.2) is 48.5 Å². The van der Waals surface area contributed by atoms with Crippen LogP contribution in [0.25, 0.3) is 22.6 Å². The second-order valence-electron chi connectivity index (χ2n) is 7.05. The van der Waals surface area contributed by atoms with Crippen LogP contribution in [-0.4, -0.2) is 22.2 Å². The van der Waals surface area contributed by atoms with Crippen molar-refractivity contribution in [1.82, 2.24) is 4.98 Å². The van der Waals surface area contributed by atoms with Gasteiger partial charge in [0.2, 0.25) is 0 Å². The molecule has 0 unspecified atom stereocenters. The van der Waals surface area contributed by atoms with Crippen molar-refractivity contribution in [2.75, 3.05) is 0 Å². The van der Waals surface area contributed by atoms with Crippen molar-refractivity contribution in [3.05, 3.63) is 70.9 Å². The molecule has 2 aromatic carbocycles. The smallest absolute Gasteiger partial charge is 0.339 e. The number of para-hydroxylation sites is 1. The molecule has 1 aromatic heterocycles. The molecule has 4 rings (SSSR count). The number of fused-ring (bicyclic) bond motifs is 2. The molecule has 0 fully saturated rings. The highest BCUT2D eigenvalue weighted by atomic mass is 16.5. The van der Waals surface area contributed by atoms with Crippen LogP contribution in [0.2, 0.25) is 0 Å². The summed E-state index contributed by atoms with van der Waals surface area (Å²) in [6, 6.07) is 14.8. The van der Waals surface area contributed by atoms with E-state index in [0.29, 0.717) is 5.56 Å². The largest absolute Gasteiger partial charge is 0.508 e. The van der Waals surface area contributed by atoms with E-state index in [0.717, 1.165) is 46.1 Å². The number of ether oxygens (including phenoxy) is 1. The number of aromatic nitrogens is 1. The number of allylic oxidation sites excluding steroid dienone is 1. The molecule has 0 aliphatic heterocycles. The first-order chi connectivity index (χ1) is 13.0. The molecule has 4 heteroatoms. The fourth-order valence-electron chi connectivity index (χ4n) is 3.56. The first kappa shape index (κ1) is 17.3. The van der Waals surface area contributed by atoms with Crippen molar-refractivity contribution in [3.63, 3.8) is 0 Å². The highest BCUT2D eigenvalue weighted by Crippen LogP contribution is 2.38. The monoisotopic (exact) mass is 359 g/mol. The predicted molar refractivity (Wildman–Crippen MR) is 107 cm³/mol. The van der Waals surface area contributed by atoms with E-state index in [-0.39, 0.29) is 17.8 Å². The Labute approximate surface area is 158 Å². The van der Waals surface area contributed by atoms with E-state index in [1.165, 1.54) is 0 Å². The zero-order chi connectivity index (χ0) is 19.0. The lowest BCUT2D eigenvalue weighted by molar-refractivity contribution is 0.0379. The number of carbonyl (C=O) groups excluding carboxylic acids is 1. The van der Waals surface area contributed by atoms with Gasteiger partial charge in [-0.05, 0) is 67.7 Å². The number of nitrogens with zero attached hydrogens (tertiary/aromatic N) is 1. The van der Waals surface area contributed by atoms with Crippen molar-refractivity contribution in [1.29, 1.82) is 0 Å². The van der Waals surface area contributed by atoms with Crippen LogP contribution in [0.3, 0.4) is 0 Å².